The van der Waals surface area contributed by atoms with E-state index >= 15 is 0 Å². The zero-order valence-electron chi connectivity index (χ0n) is 12.9. The molecule has 0 aromatic heterocycles. The number of nitrogens with one attached hydrogen (secondary N) is 1. The number of benzene rings is 1. The van der Waals surface area contributed by atoms with Crippen LogP contribution in [0.1, 0.15) is 6.92 Å². The van der Waals surface area contributed by atoms with Gasteiger partial charge in [-0.15, -0.1) is 0 Å². The SMILES string of the molecule is CN=C(N)/C(=C1\N=C(CN)C=C(C)N1)S(=O)(=O)c1ccccc1. The van der Waals surface area contributed by atoms with Gasteiger partial charge < -0.3 is 16.8 Å². The van der Waals surface area contributed by atoms with E-state index in [1.54, 1.807) is 31.2 Å². The van der Waals surface area contributed by atoms with E-state index in [9.17, 15) is 8.42 Å². The molecule has 0 bridgehead atoms. The van der Waals surface area contributed by atoms with Crippen LogP contribution in [0.2, 0.25) is 0 Å². The number of allylic oxidation sites excluding steroid dienone is 1. The first-order chi connectivity index (χ1) is 10.9. The molecule has 0 aliphatic carbocycles. The van der Waals surface area contributed by atoms with Crippen molar-refractivity contribution in [2.24, 2.45) is 21.5 Å². The van der Waals surface area contributed by atoms with Gasteiger partial charge in [0, 0.05) is 19.3 Å². The van der Waals surface area contributed by atoms with Crippen molar-refractivity contribution in [3.63, 3.8) is 0 Å². The second-order valence-corrected chi connectivity index (χ2v) is 6.75. The minimum Gasteiger partial charge on any atom is -0.383 e. The number of nitrogens with zero attached hydrogens (tertiary/aromatic N) is 2. The minimum absolute atomic E-state index is 0.118. The number of hydrogen-bond donors (Lipinski definition) is 3. The monoisotopic (exact) mass is 333 g/mol. The summed E-state index contributed by atoms with van der Waals surface area (Å²) in [6, 6.07) is 8.01. The molecule has 1 heterocycles. The molecule has 2 rings (SSSR count). The van der Waals surface area contributed by atoms with Gasteiger partial charge in [-0.3, -0.25) is 4.99 Å². The van der Waals surface area contributed by atoms with E-state index in [-0.39, 0.29) is 28.0 Å². The lowest BCUT2D eigenvalue weighted by Gasteiger charge is -2.18. The lowest BCUT2D eigenvalue weighted by molar-refractivity contribution is 0.602. The molecule has 1 aliphatic heterocycles. The molecule has 0 atom stereocenters. The Balaban J connectivity index is 2.72. The van der Waals surface area contributed by atoms with Crippen LogP contribution < -0.4 is 16.8 Å². The molecule has 8 heteroatoms. The van der Waals surface area contributed by atoms with Gasteiger partial charge in [-0.2, -0.15) is 0 Å². The standard InChI is InChI=1S/C15H19N5O2S/c1-10-8-11(9-16)20-15(19-10)13(14(17)18-2)23(21,22)12-6-4-3-5-7-12/h3-8,19H,9,16H2,1-2H3,(H2,17,18)/b15-13+. The zero-order valence-corrected chi connectivity index (χ0v) is 13.8. The minimum atomic E-state index is -3.88. The van der Waals surface area contributed by atoms with E-state index in [1.165, 1.54) is 19.2 Å². The van der Waals surface area contributed by atoms with Gasteiger partial charge in [0.25, 0.3) is 0 Å². The second-order valence-electron chi connectivity index (χ2n) is 4.86. The van der Waals surface area contributed by atoms with Crippen LogP contribution in [0.15, 0.2) is 67.7 Å². The summed E-state index contributed by atoms with van der Waals surface area (Å²) in [5.74, 6) is 0.00331. The number of sulfone groups is 1. The van der Waals surface area contributed by atoms with Gasteiger partial charge in [0.2, 0.25) is 9.84 Å². The normalized spacial score (nSPS) is 18.0. The Morgan fingerprint density at radius 3 is 2.52 bits per heavy atom. The molecular weight excluding hydrogens is 314 g/mol. The lowest BCUT2D eigenvalue weighted by Crippen LogP contribution is -2.30. The largest absolute Gasteiger partial charge is 0.383 e. The van der Waals surface area contributed by atoms with Crippen molar-refractivity contribution < 1.29 is 8.42 Å². The van der Waals surface area contributed by atoms with Crippen LogP contribution in [-0.2, 0) is 9.84 Å². The van der Waals surface area contributed by atoms with E-state index in [1.807, 2.05) is 0 Å². The van der Waals surface area contributed by atoms with Gasteiger partial charge in [-0.05, 0) is 25.1 Å². The molecule has 122 valence electrons. The highest BCUT2D eigenvalue weighted by molar-refractivity contribution is 7.96. The molecule has 1 aromatic rings. The Morgan fingerprint density at radius 2 is 1.96 bits per heavy atom. The predicted octanol–water partition coefficient (Wildman–Crippen LogP) is 0.523. The Labute approximate surface area is 135 Å². The fourth-order valence-electron chi connectivity index (χ4n) is 2.09. The third kappa shape index (κ3) is 3.49. The van der Waals surface area contributed by atoms with Gasteiger partial charge in [-0.1, -0.05) is 18.2 Å². The van der Waals surface area contributed by atoms with Gasteiger partial charge in [0.05, 0.1) is 10.6 Å². The molecule has 23 heavy (non-hydrogen) atoms. The van der Waals surface area contributed by atoms with Gasteiger partial charge >= 0.3 is 0 Å². The van der Waals surface area contributed by atoms with Gasteiger partial charge in [0.1, 0.15) is 5.84 Å². The molecule has 5 N–H and O–H groups in total. The summed E-state index contributed by atoms with van der Waals surface area (Å²) in [5, 5.41) is 2.93. The number of nitrogens with two attached hydrogens (primary N) is 2. The lowest BCUT2D eigenvalue weighted by atomic mass is 10.2. The van der Waals surface area contributed by atoms with E-state index in [0.29, 0.717) is 5.71 Å². The quantitative estimate of drug-likeness (QED) is 0.547. The molecule has 0 fully saturated rings. The van der Waals surface area contributed by atoms with Crippen molar-refractivity contribution in [3.05, 3.63) is 52.8 Å². The highest BCUT2D eigenvalue weighted by atomic mass is 32.2. The average molecular weight is 333 g/mol. The molecule has 0 amide bonds. The summed E-state index contributed by atoms with van der Waals surface area (Å²) >= 11 is 0. The first-order valence-electron chi connectivity index (χ1n) is 6.90. The Hall–Kier alpha value is -2.45. The molecule has 0 saturated heterocycles. The van der Waals surface area contributed by atoms with Crippen molar-refractivity contribution in [1.29, 1.82) is 0 Å². The Bertz CT molecular complexity index is 821. The zero-order chi connectivity index (χ0) is 17.0. The molecule has 0 saturated carbocycles. The van der Waals surface area contributed by atoms with E-state index in [4.69, 9.17) is 11.5 Å². The molecule has 0 unspecified atom stereocenters. The van der Waals surface area contributed by atoms with Crippen LogP contribution in [0.25, 0.3) is 0 Å². The van der Waals surface area contributed by atoms with Crippen molar-refractivity contribution in [1.82, 2.24) is 5.32 Å². The highest BCUT2D eigenvalue weighted by Gasteiger charge is 2.29. The Kier molecular flexibility index (Phi) is 4.97. The van der Waals surface area contributed by atoms with Crippen LogP contribution in [0, 0.1) is 0 Å². The summed E-state index contributed by atoms with van der Waals surface area (Å²) < 4.78 is 25.9. The smallest absolute Gasteiger partial charge is 0.213 e. The van der Waals surface area contributed by atoms with Gasteiger partial charge in [-0.25, -0.2) is 13.4 Å². The topological polar surface area (TPSA) is 123 Å². The second kappa shape index (κ2) is 6.76. The molecule has 1 aliphatic rings. The number of aliphatic imine (C=N–C) groups is 2. The number of hydrogen-bond acceptors (Lipinski definition) is 6. The highest BCUT2D eigenvalue weighted by Crippen LogP contribution is 2.23. The van der Waals surface area contributed by atoms with E-state index < -0.39 is 9.84 Å². The van der Waals surface area contributed by atoms with Crippen molar-refractivity contribution >= 4 is 21.4 Å². The molecule has 0 radical (unpaired) electrons. The van der Waals surface area contributed by atoms with Crippen molar-refractivity contribution in [2.45, 2.75) is 11.8 Å². The van der Waals surface area contributed by atoms with Crippen molar-refractivity contribution in [3.8, 4) is 0 Å². The van der Waals surface area contributed by atoms with Crippen LogP contribution in [0.3, 0.4) is 0 Å². The van der Waals surface area contributed by atoms with Gasteiger partial charge in [0.15, 0.2) is 10.7 Å². The van der Waals surface area contributed by atoms with Crippen LogP contribution in [0.4, 0.5) is 0 Å². The summed E-state index contributed by atoms with van der Waals surface area (Å²) in [6.45, 7) is 1.97. The van der Waals surface area contributed by atoms with E-state index in [2.05, 4.69) is 15.3 Å². The van der Waals surface area contributed by atoms with Crippen LogP contribution >= 0.6 is 0 Å². The van der Waals surface area contributed by atoms with Crippen LogP contribution in [-0.4, -0.2) is 33.6 Å². The third-order valence-corrected chi connectivity index (χ3v) is 5.01. The molecular formula is C15H19N5O2S. The molecule has 1 aromatic carbocycles. The summed E-state index contributed by atoms with van der Waals surface area (Å²) in [7, 11) is -2.45. The van der Waals surface area contributed by atoms with E-state index in [0.717, 1.165) is 5.70 Å². The Morgan fingerprint density at radius 1 is 1.30 bits per heavy atom. The maximum absolute atomic E-state index is 13.0. The number of amidine groups is 1. The maximum Gasteiger partial charge on any atom is 0.213 e. The maximum atomic E-state index is 13.0. The van der Waals surface area contributed by atoms with Crippen molar-refractivity contribution in [2.75, 3.05) is 13.6 Å². The molecule has 7 nitrogen and oxygen atoms in total. The third-order valence-electron chi connectivity index (χ3n) is 3.17. The first kappa shape index (κ1) is 16.9. The van der Waals surface area contributed by atoms with Crippen LogP contribution in [0.5, 0.6) is 0 Å². The number of rotatable bonds is 4. The fourth-order valence-corrected chi connectivity index (χ4v) is 3.56. The fraction of sp³-hybridized carbons (Fsp3) is 0.200. The summed E-state index contributed by atoms with van der Waals surface area (Å²) in [6.07, 6.45) is 1.75. The summed E-state index contributed by atoms with van der Waals surface area (Å²) in [4.78, 5) is 8.04. The predicted molar refractivity (Wildman–Crippen MR) is 91.6 cm³/mol. The molecule has 0 spiro atoms. The summed E-state index contributed by atoms with van der Waals surface area (Å²) in [5.41, 5.74) is 12.8. The first-order valence-corrected chi connectivity index (χ1v) is 8.38. The average Bonchev–Trinajstić information content (AvgIpc) is 2.54.